The molecule has 0 unspecified atom stereocenters. The first-order chi connectivity index (χ1) is 10.9. The summed E-state index contributed by atoms with van der Waals surface area (Å²) >= 11 is 0. The molecule has 0 aliphatic carbocycles. The Balaban J connectivity index is 2.45. The minimum Gasteiger partial charge on any atom is -0.495 e. The van der Waals surface area contributed by atoms with E-state index in [9.17, 15) is 14.4 Å². The molecule has 124 valence electrons. The highest BCUT2D eigenvalue weighted by atomic mass is 16.5. The van der Waals surface area contributed by atoms with Crippen molar-refractivity contribution in [2.45, 2.75) is 5.91 Å². The van der Waals surface area contributed by atoms with Crippen LogP contribution in [0.1, 0.15) is 10.4 Å². The highest BCUT2D eigenvalue weighted by Crippen LogP contribution is 2.32. The van der Waals surface area contributed by atoms with Crippen LogP contribution in [-0.2, 0) is 9.47 Å². The molecule has 10 nitrogen and oxygen atoms in total. The van der Waals surface area contributed by atoms with Crippen molar-refractivity contribution in [1.82, 2.24) is 16.0 Å². The number of anilines is 1. The van der Waals surface area contributed by atoms with E-state index < -0.39 is 24.0 Å². The number of carbonyl (C=O) groups is 3. The van der Waals surface area contributed by atoms with Gasteiger partial charge in [0.1, 0.15) is 5.75 Å². The van der Waals surface area contributed by atoms with Gasteiger partial charge in [0, 0.05) is 0 Å². The maximum atomic E-state index is 12.3. The Morgan fingerprint density at radius 2 is 1.65 bits per heavy atom. The molecule has 1 heterocycles. The van der Waals surface area contributed by atoms with Crippen LogP contribution in [0.15, 0.2) is 18.2 Å². The number of hydrogen-bond donors (Lipinski definition) is 4. The van der Waals surface area contributed by atoms with Crippen LogP contribution in [0.25, 0.3) is 0 Å². The normalized spacial score (nSPS) is 14.5. The lowest BCUT2D eigenvalue weighted by Crippen LogP contribution is -2.76. The van der Waals surface area contributed by atoms with Gasteiger partial charge in [0.05, 0.1) is 32.6 Å². The second-order valence-corrected chi connectivity index (χ2v) is 4.45. The maximum absolute atomic E-state index is 12.3. The second-order valence-electron chi connectivity index (χ2n) is 4.45. The molecule has 0 aromatic heterocycles. The molecule has 1 aromatic rings. The van der Waals surface area contributed by atoms with E-state index in [1.54, 1.807) is 18.2 Å². The van der Waals surface area contributed by atoms with Gasteiger partial charge >= 0.3 is 12.2 Å². The molecular weight excluding hydrogens is 308 g/mol. The molecule has 0 saturated carbocycles. The minimum absolute atomic E-state index is 0.276. The first-order valence-electron chi connectivity index (χ1n) is 6.44. The van der Waals surface area contributed by atoms with Crippen LogP contribution in [0.2, 0.25) is 0 Å². The van der Waals surface area contributed by atoms with Crippen molar-refractivity contribution in [2.75, 3.05) is 26.6 Å². The average Bonchev–Trinajstić information content (AvgIpc) is 2.53. The van der Waals surface area contributed by atoms with Crippen molar-refractivity contribution in [3.05, 3.63) is 23.8 Å². The summed E-state index contributed by atoms with van der Waals surface area (Å²) in [5, 5.41) is 9.84. The number of amides is 3. The lowest BCUT2D eigenvalue weighted by molar-refractivity contribution is 0.0827. The summed E-state index contributed by atoms with van der Waals surface area (Å²) in [7, 11) is 3.70. The molecule has 0 spiro atoms. The summed E-state index contributed by atoms with van der Waals surface area (Å²) in [4.78, 5) is 35.5. The topological polar surface area (TPSA) is 127 Å². The number of rotatable bonds is 3. The number of hydrogen-bond acceptors (Lipinski definition) is 7. The molecule has 1 aromatic carbocycles. The summed E-state index contributed by atoms with van der Waals surface area (Å²) in [6.07, 6.45) is -1.79. The van der Waals surface area contributed by atoms with Crippen LogP contribution >= 0.6 is 0 Å². The molecule has 0 saturated heterocycles. The lowest BCUT2D eigenvalue weighted by atomic mass is 10.1. The molecule has 2 rings (SSSR count). The van der Waals surface area contributed by atoms with E-state index >= 15 is 0 Å². The fourth-order valence-electron chi connectivity index (χ4n) is 2.04. The van der Waals surface area contributed by atoms with Gasteiger partial charge in [-0.2, -0.15) is 0 Å². The van der Waals surface area contributed by atoms with E-state index in [4.69, 9.17) is 4.74 Å². The number of nitrogens with one attached hydrogen (secondary N) is 4. The molecule has 10 heteroatoms. The van der Waals surface area contributed by atoms with E-state index in [-0.39, 0.29) is 11.3 Å². The van der Waals surface area contributed by atoms with Gasteiger partial charge in [0.25, 0.3) is 11.8 Å². The van der Waals surface area contributed by atoms with E-state index in [1.165, 1.54) is 7.11 Å². The van der Waals surface area contributed by atoms with E-state index in [0.717, 1.165) is 14.2 Å². The number of para-hydroxylation sites is 1. The smallest absolute Gasteiger partial charge is 0.411 e. The van der Waals surface area contributed by atoms with Gasteiger partial charge in [-0.25, -0.2) is 9.59 Å². The van der Waals surface area contributed by atoms with Crippen LogP contribution in [0.5, 0.6) is 5.75 Å². The van der Waals surface area contributed by atoms with Gasteiger partial charge in [-0.05, 0) is 12.1 Å². The van der Waals surface area contributed by atoms with Gasteiger partial charge in [-0.15, -0.1) is 0 Å². The quantitative estimate of drug-likeness (QED) is 0.584. The molecule has 4 N–H and O–H groups in total. The first-order valence-corrected chi connectivity index (χ1v) is 6.44. The van der Waals surface area contributed by atoms with Gasteiger partial charge < -0.3 is 19.5 Å². The number of methoxy groups -OCH3 is 3. The Labute approximate surface area is 131 Å². The molecular formula is C13H16N4O6. The molecule has 0 radical (unpaired) electrons. The molecule has 0 atom stereocenters. The van der Waals surface area contributed by atoms with Gasteiger partial charge in [-0.1, -0.05) is 6.07 Å². The Hall–Kier alpha value is -3.17. The average molecular weight is 324 g/mol. The Kier molecular flexibility index (Phi) is 4.44. The first kappa shape index (κ1) is 16.2. The zero-order valence-corrected chi connectivity index (χ0v) is 12.7. The number of benzene rings is 1. The summed E-state index contributed by atoms with van der Waals surface area (Å²) < 4.78 is 14.2. The van der Waals surface area contributed by atoms with Crippen LogP contribution in [-0.4, -0.2) is 45.3 Å². The monoisotopic (exact) mass is 324 g/mol. The molecule has 23 heavy (non-hydrogen) atoms. The Morgan fingerprint density at radius 1 is 1.04 bits per heavy atom. The minimum atomic E-state index is -1.85. The number of carbonyl (C=O) groups excluding carboxylic acids is 3. The van der Waals surface area contributed by atoms with Crippen LogP contribution in [0.4, 0.5) is 15.3 Å². The Bertz CT molecular complexity index is 629. The van der Waals surface area contributed by atoms with Crippen molar-refractivity contribution < 1.29 is 28.6 Å². The van der Waals surface area contributed by atoms with Crippen LogP contribution in [0, 0.1) is 0 Å². The molecule has 3 amide bonds. The van der Waals surface area contributed by atoms with Crippen LogP contribution in [0.3, 0.4) is 0 Å². The van der Waals surface area contributed by atoms with Crippen molar-refractivity contribution in [1.29, 1.82) is 0 Å². The fourth-order valence-corrected chi connectivity index (χ4v) is 2.04. The van der Waals surface area contributed by atoms with Gasteiger partial charge in [-0.3, -0.25) is 20.7 Å². The van der Waals surface area contributed by atoms with E-state index in [2.05, 4.69) is 30.7 Å². The van der Waals surface area contributed by atoms with E-state index in [0.29, 0.717) is 5.75 Å². The number of alkyl carbamates (subject to hydrolysis) is 2. The van der Waals surface area contributed by atoms with Crippen molar-refractivity contribution in [3.63, 3.8) is 0 Å². The highest BCUT2D eigenvalue weighted by molar-refractivity contribution is 6.04. The SMILES string of the molecule is COC(=O)NC1(NC(=O)OC)NC(=O)c2cccc(OC)c2N1. The van der Waals surface area contributed by atoms with Crippen LogP contribution < -0.4 is 26.0 Å². The van der Waals surface area contributed by atoms with Crippen molar-refractivity contribution in [2.24, 2.45) is 0 Å². The number of ether oxygens (including phenoxy) is 3. The lowest BCUT2D eigenvalue weighted by Gasteiger charge is -2.39. The third-order valence-electron chi connectivity index (χ3n) is 3.05. The number of fused-ring (bicyclic) bond motifs is 1. The molecule has 1 aliphatic heterocycles. The Morgan fingerprint density at radius 3 is 2.17 bits per heavy atom. The maximum Gasteiger partial charge on any atom is 0.411 e. The second kappa shape index (κ2) is 6.30. The predicted molar refractivity (Wildman–Crippen MR) is 77.9 cm³/mol. The zero-order valence-electron chi connectivity index (χ0n) is 12.7. The summed E-state index contributed by atoms with van der Waals surface area (Å²) in [6.45, 7) is 0. The molecule has 0 fully saturated rings. The standard InChI is InChI=1S/C13H16N4O6/c1-21-8-6-4-5-7-9(8)14-13(15-10(7)18,16-11(19)22-2)17-12(20)23-3/h4-6,14H,1-3H3,(H,15,18)(H,16,19)(H,17,20). The van der Waals surface area contributed by atoms with Crippen molar-refractivity contribution in [3.8, 4) is 5.75 Å². The van der Waals surface area contributed by atoms with E-state index in [1.807, 2.05) is 0 Å². The molecule has 0 bridgehead atoms. The van der Waals surface area contributed by atoms with Gasteiger partial charge in [0.15, 0.2) is 0 Å². The summed E-state index contributed by atoms with van der Waals surface area (Å²) in [5.41, 5.74) is 0.560. The predicted octanol–water partition coefficient (Wildman–Crippen LogP) is 0.174. The summed E-state index contributed by atoms with van der Waals surface area (Å²) in [5.74, 6) is -2.05. The third kappa shape index (κ3) is 3.20. The fraction of sp³-hybridized carbons (Fsp3) is 0.308. The van der Waals surface area contributed by atoms with Gasteiger partial charge in [0.2, 0.25) is 0 Å². The highest BCUT2D eigenvalue weighted by Gasteiger charge is 2.42. The third-order valence-corrected chi connectivity index (χ3v) is 3.05. The largest absolute Gasteiger partial charge is 0.495 e. The zero-order chi connectivity index (χ0) is 17.0. The summed E-state index contributed by atoms with van der Waals surface area (Å²) in [6, 6.07) is 4.80. The molecule has 1 aliphatic rings. The van der Waals surface area contributed by atoms with Crippen molar-refractivity contribution >= 4 is 23.8 Å².